The minimum Gasteiger partial charge on any atom is -0.309 e. The minimum atomic E-state index is 0.295. The fourth-order valence-corrected chi connectivity index (χ4v) is 2.97. The SMILES string of the molecule is CCCCCCCCCCC(NCC)c1ncccc1Cl. The Balaban J connectivity index is 2.25. The summed E-state index contributed by atoms with van der Waals surface area (Å²) in [5.41, 5.74) is 1.00. The topological polar surface area (TPSA) is 24.9 Å². The number of unbranched alkanes of at least 4 members (excludes halogenated alkanes) is 7. The average Bonchev–Trinajstić information content (AvgIpc) is 2.49. The van der Waals surface area contributed by atoms with Crippen LogP contribution >= 0.6 is 11.6 Å². The minimum absolute atomic E-state index is 0.295. The first-order chi connectivity index (χ1) is 10.3. The van der Waals surface area contributed by atoms with E-state index in [0.717, 1.165) is 23.7 Å². The summed E-state index contributed by atoms with van der Waals surface area (Å²) in [5.74, 6) is 0. The molecule has 1 unspecified atom stereocenters. The molecule has 1 aromatic rings. The molecule has 0 bridgehead atoms. The molecule has 0 saturated carbocycles. The molecule has 1 rings (SSSR count). The van der Waals surface area contributed by atoms with E-state index in [4.69, 9.17) is 11.6 Å². The van der Waals surface area contributed by atoms with Crippen molar-refractivity contribution in [2.45, 2.75) is 77.7 Å². The number of aromatic nitrogens is 1. The van der Waals surface area contributed by atoms with Gasteiger partial charge in [-0.3, -0.25) is 4.98 Å². The van der Waals surface area contributed by atoms with Crippen molar-refractivity contribution < 1.29 is 0 Å². The summed E-state index contributed by atoms with van der Waals surface area (Å²) in [6, 6.07) is 4.12. The summed E-state index contributed by atoms with van der Waals surface area (Å²) in [6.07, 6.45) is 13.8. The van der Waals surface area contributed by atoms with Gasteiger partial charge >= 0.3 is 0 Å². The van der Waals surface area contributed by atoms with E-state index in [9.17, 15) is 0 Å². The Hall–Kier alpha value is -0.600. The third-order valence-corrected chi connectivity index (χ3v) is 4.23. The van der Waals surface area contributed by atoms with Crippen LogP contribution in [0.25, 0.3) is 0 Å². The maximum Gasteiger partial charge on any atom is 0.0758 e. The number of rotatable bonds is 12. The van der Waals surface area contributed by atoms with Gasteiger partial charge in [-0.05, 0) is 25.1 Å². The predicted octanol–water partition coefficient (Wildman–Crippen LogP) is 5.92. The van der Waals surface area contributed by atoms with Crippen LogP contribution in [0.15, 0.2) is 18.3 Å². The smallest absolute Gasteiger partial charge is 0.0758 e. The van der Waals surface area contributed by atoms with Crippen molar-refractivity contribution >= 4 is 11.6 Å². The fourth-order valence-electron chi connectivity index (χ4n) is 2.72. The predicted molar refractivity (Wildman–Crippen MR) is 92.9 cm³/mol. The second-order valence-electron chi connectivity index (χ2n) is 5.74. The van der Waals surface area contributed by atoms with E-state index in [1.54, 1.807) is 0 Å². The van der Waals surface area contributed by atoms with Crippen molar-refractivity contribution in [1.82, 2.24) is 10.3 Å². The lowest BCUT2D eigenvalue weighted by atomic mass is 10.0. The van der Waals surface area contributed by atoms with Crippen LogP contribution in [0.1, 0.15) is 83.4 Å². The van der Waals surface area contributed by atoms with Gasteiger partial charge in [0, 0.05) is 6.20 Å². The zero-order valence-electron chi connectivity index (χ0n) is 13.7. The summed E-state index contributed by atoms with van der Waals surface area (Å²) < 4.78 is 0. The Morgan fingerprint density at radius 2 is 1.71 bits per heavy atom. The van der Waals surface area contributed by atoms with E-state index in [0.29, 0.717) is 6.04 Å². The van der Waals surface area contributed by atoms with Crippen molar-refractivity contribution in [2.75, 3.05) is 6.54 Å². The third kappa shape index (κ3) is 7.82. The van der Waals surface area contributed by atoms with Gasteiger partial charge in [-0.1, -0.05) is 76.8 Å². The Morgan fingerprint density at radius 1 is 1.05 bits per heavy atom. The normalized spacial score (nSPS) is 12.5. The molecular formula is C18H31ClN2. The van der Waals surface area contributed by atoms with Crippen LogP contribution in [-0.4, -0.2) is 11.5 Å². The summed E-state index contributed by atoms with van der Waals surface area (Å²) in [4.78, 5) is 4.45. The molecule has 1 N–H and O–H groups in total. The van der Waals surface area contributed by atoms with Gasteiger partial charge in [-0.2, -0.15) is 0 Å². The number of hydrogen-bond donors (Lipinski definition) is 1. The Kier molecular flexibility index (Phi) is 10.5. The molecule has 0 radical (unpaired) electrons. The highest BCUT2D eigenvalue weighted by molar-refractivity contribution is 6.31. The number of pyridine rings is 1. The van der Waals surface area contributed by atoms with Crippen LogP contribution in [-0.2, 0) is 0 Å². The molecule has 0 aromatic carbocycles. The molecule has 0 spiro atoms. The highest BCUT2D eigenvalue weighted by Crippen LogP contribution is 2.24. The van der Waals surface area contributed by atoms with Gasteiger partial charge in [0.25, 0.3) is 0 Å². The molecule has 120 valence electrons. The lowest BCUT2D eigenvalue weighted by Gasteiger charge is -2.18. The molecule has 3 heteroatoms. The molecule has 1 atom stereocenters. The van der Waals surface area contributed by atoms with E-state index in [-0.39, 0.29) is 0 Å². The van der Waals surface area contributed by atoms with Gasteiger partial charge in [0.2, 0.25) is 0 Å². The van der Waals surface area contributed by atoms with Gasteiger partial charge in [-0.15, -0.1) is 0 Å². The van der Waals surface area contributed by atoms with Crippen molar-refractivity contribution in [1.29, 1.82) is 0 Å². The van der Waals surface area contributed by atoms with Crippen LogP contribution in [0.3, 0.4) is 0 Å². The molecule has 0 aliphatic heterocycles. The van der Waals surface area contributed by atoms with Crippen LogP contribution < -0.4 is 5.32 Å². The Bertz CT molecular complexity index is 368. The maximum absolute atomic E-state index is 6.26. The zero-order chi connectivity index (χ0) is 15.3. The van der Waals surface area contributed by atoms with Gasteiger partial charge < -0.3 is 5.32 Å². The van der Waals surface area contributed by atoms with Crippen molar-refractivity contribution in [3.63, 3.8) is 0 Å². The van der Waals surface area contributed by atoms with E-state index >= 15 is 0 Å². The number of nitrogens with zero attached hydrogens (tertiary/aromatic N) is 1. The summed E-state index contributed by atoms with van der Waals surface area (Å²) >= 11 is 6.26. The van der Waals surface area contributed by atoms with Crippen molar-refractivity contribution in [3.8, 4) is 0 Å². The molecule has 2 nitrogen and oxygen atoms in total. The van der Waals surface area contributed by atoms with Gasteiger partial charge in [0.05, 0.1) is 16.8 Å². The molecular weight excluding hydrogens is 280 g/mol. The van der Waals surface area contributed by atoms with E-state index < -0.39 is 0 Å². The largest absolute Gasteiger partial charge is 0.309 e. The molecule has 0 saturated heterocycles. The standard InChI is InChI=1S/C18H31ClN2/c1-3-5-6-7-8-9-10-11-14-17(20-4-2)18-16(19)13-12-15-21-18/h12-13,15,17,20H,3-11,14H2,1-2H3. The molecule has 0 fully saturated rings. The number of halogens is 1. The van der Waals surface area contributed by atoms with Crippen molar-refractivity contribution in [3.05, 3.63) is 29.0 Å². The lowest BCUT2D eigenvalue weighted by Crippen LogP contribution is -2.22. The molecule has 1 aromatic heterocycles. The second kappa shape index (κ2) is 12.0. The van der Waals surface area contributed by atoms with Crippen LogP contribution in [0, 0.1) is 0 Å². The van der Waals surface area contributed by atoms with E-state index in [2.05, 4.69) is 24.1 Å². The first-order valence-electron chi connectivity index (χ1n) is 8.63. The van der Waals surface area contributed by atoms with Gasteiger partial charge in [0.15, 0.2) is 0 Å². The van der Waals surface area contributed by atoms with Crippen molar-refractivity contribution in [2.24, 2.45) is 0 Å². The highest BCUT2D eigenvalue weighted by Gasteiger charge is 2.14. The summed E-state index contributed by atoms with van der Waals surface area (Å²) in [7, 11) is 0. The lowest BCUT2D eigenvalue weighted by molar-refractivity contribution is 0.467. The summed E-state index contributed by atoms with van der Waals surface area (Å²) in [6.45, 7) is 5.36. The number of nitrogens with one attached hydrogen (secondary N) is 1. The van der Waals surface area contributed by atoms with Crippen LogP contribution in [0.5, 0.6) is 0 Å². The molecule has 0 aliphatic carbocycles. The van der Waals surface area contributed by atoms with E-state index in [1.807, 2.05) is 18.3 Å². The quantitative estimate of drug-likeness (QED) is 0.485. The summed E-state index contributed by atoms with van der Waals surface area (Å²) in [5, 5.41) is 4.29. The Labute approximate surface area is 135 Å². The first kappa shape index (κ1) is 18.4. The molecule has 21 heavy (non-hydrogen) atoms. The monoisotopic (exact) mass is 310 g/mol. The van der Waals surface area contributed by atoms with Gasteiger partial charge in [0.1, 0.15) is 0 Å². The Morgan fingerprint density at radius 3 is 2.33 bits per heavy atom. The van der Waals surface area contributed by atoms with Gasteiger partial charge in [-0.25, -0.2) is 0 Å². The molecule has 0 amide bonds. The van der Waals surface area contributed by atoms with Crippen LogP contribution in [0.4, 0.5) is 0 Å². The number of hydrogen-bond acceptors (Lipinski definition) is 2. The first-order valence-corrected chi connectivity index (χ1v) is 9.01. The second-order valence-corrected chi connectivity index (χ2v) is 6.15. The molecule has 0 aliphatic rings. The fraction of sp³-hybridized carbons (Fsp3) is 0.722. The van der Waals surface area contributed by atoms with Crippen LogP contribution in [0.2, 0.25) is 5.02 Å². The highest BCUT2D eigenvalue weighted by atomic mass is 35.5. The van der Waals surface area contributed by atoms with E-state index in [1.165, 1.54) is 51.4 Å². The molecule has 1 heterocycles. The maximum atomic E-state index is 6.26. The zero-order valence-corrected chi connectivity index (χ0v) is 14.5. The average molecular weight is 311 g/mol. The third-order valence-electron chi connectivity index (χ3n) is 3.91.